The van der Waals surface area contributed by atoms with Gasteiger partial charge < -0.3 is 0 Å². The molecule has 0 saturated carbocycles. The maximum atomic E-state index is 12.4. The number of tetrazole rings is 1. The third kappa shape index (κ3) is 5.23. The summed E-state index contributed by atoms with van der Waals surface area (Å²) in [4.78, 5) is 25.9. The van der Waals surface area contributed by atoms with Crippen LogP contribution in [0.2, 0.25) is 0 Å². The minimum absolute atomic E-state index is 0.406. The number of benzene rings is 2. The molecule has 2 N–H and O–H groups in total. The molecule has 0 spiro atoms. The highest BCUT2D eigenvalue weighted by Gasteiger charge is 2.10. The molecule has 4 rings (SSSR count). The Balaban J connectivity index is 1.30. The molecule has 2 amide bonds. The predicted molar refractivity (Wildman–Crippen MR) is 126 cm³/mol. The first-order valence-corrected chi connectivity index (χ1v) is 10.6. The second kappa shape index (κ2) is 9.90. The summed E-state index contributed by atoms with van der Waals surface area (Å²) >= 11 is 0. The number of hydrazine groups is 1. The van der Waals surface area contributed by atoms with Gasteiger partial charge in [-0.05, 0) is 42.8 Å². The number of hydrogen-bond acceptors (Lipinski definition) is 6. The largest absolute Gasteiger partial charge is 0.272 e. The first-order chi connectivity index (χ1) is 16.4. The first-order valence-electron chi connectivity index (χ1n) is 10.6. The molecule has 0 radical (unpaired) electrons. The molecule has 10 nitrogen and oxygen atoms in total. The maximum absolute atomic E-state index is 12.4. The van der Waals surface area contributed by atoms with Crippen LogP contribution in [-0.4, -0.2) is 41.8 Å². The zero-order valence-corrected chi connectivity index (χ0v) is 19.1. The van der Waals surface area contributed by atoms with Crippen molar-refractivity contribution >= 4 is 17.9 Å². The van der Waals surface area contributed by atoms with E-state index < -0.39 is 11.8 Å². The lowest BCUT2D eigenvalue weighted by Gasteiger charge is -2.06. The van der Waals surface area contributed by atoms with E-state index in [9.17, 15) is 9.59 Å². The molecule has 0 atom stereocenters. The Kier molecular flexibility index (Phi) is 6.58. The van der Waals surface area contributed by atoms with Crippen LogP contribution in [0.3, 0.4) is 0 Å². The predicted octanol–water partition coefficient (Wildman–Crippen LogP) is 2.21. The van der Waals surface area contributed by atoms with E-state index in [0.29, 0.717) is 17.9 Å². The molecule has 2 heterocycles. The summed E-state index contributed by atoms with van der Waals surface area (Å²) in [6.45, 7) is 4.21. The van der Waals surface area contributed by atoms with Crippen molar-refractivity contribution in [2.24, 2.45) is 7.05 Å². The summed E-state index contributed by atoms with van der Waals surface area (Å²) in [6.07, 6.45) is 3.03. The molecule has 0 aliphatic heterocycles. The summed E-state index contributed by atoms with van der Waals surface area (Å²) in [7, 11) is 1.84. The van der Waals surface area contributed by atoms with Crippen molar-refractivity contribution in [3.63, 3.8) is 0 Å². The molecule has 2 aromatic carbocycles. The second-order valence-electron chi connectivity index (χ2n) is 7.69. The summed E-state index contributed by atoms with van der Waals surface area (Å²) in [5, 5.41) is 16.9. The van der Waals surface area contributed by atoms with Crippen molar-refractivity contribution in [2.75, 3.05) is 0 Å². The Morgan fingerprint density at radius 2 is 1.71 bits per heavy atom. The summed E-state index contributed by atoms with van der Waals surface area (Å²) in [6, 6.07) is 16.6. The highest BCUT2D eigenvalue weighted by molar-refractivity contribution is 5.98. The lowest BCUT2D eigenvalue weighted by atomic mass is 10.1. The van der Waals surface area contributed by atoms with Gasteiger partial charge >= 0.3 is 0 Å². The molecule has 0 bridgehead atoms. The molecule has 0 fully saturated rings. The molecular formula is C24H24N8O2. The SMILES string of the molecule is Cc1nn(C)c(C)c1/C=C/C(=O)NNC(=O)c1ccc(Cn2nnc(-c3ccccc3)n2)cc1. The molecule has 0 saturated heterocycles. The van der Waals surface area contributed by atoms with Crippen LogP contribution >= 0.6 is 0 Å². The van der Waals surface area contributed by atoms with E-state index in [0.717, 1.165) is 28.1 Å². The van der Waals surface area contributed by atoms with Gasteiger partial charge in [0.05, 0.1) is 12.2 Å². The van der Waals surface area contributed by atoms with Gasteiger partial charge in [-0.15, -0.1) is 10.2 Å². The van der Waals surface area contributed by atoms with Crippen molar-refractivity contribution in [1.82, 2.24) is 40.8 Å². The van der Waals surface area contributed by atoms with Crippen molar-refractivity contribution in [2.45, 2.75) is 20.4 Å². The number of carbonyl (C=O) groups is 2. The van der Waals surface area contributed by atoms with E-state index in [-0.39, 0.29) is 0 Å². The third-order valence-corrected chi connectivity index (χ3v) is 5.29. The number of rotatable bonds is 6. The average molecular weight is 457 g/mol. The molecule has 0 unspecified atom stereocenters. The highest BCUT2D eigenvalue weighted by atomic mass is 16.2. The Labute approximate surface area is 196 Å². The van der Waals surface area contributed by atoms with Crippen LogP contribution in [-0.2, 0) is 18.4 Å². The van der Waals surface area contributed by atoms with Gasteiger partial charge in [0.15, 0.2) is 0 Å². The lowest BCUT2D eigenvalue weighted by molar-refractivity contribution is -0.117. The molecule has 0 aliphatic rings. The van der Waals surface area contributed by atoms with Gasteiger partial charge in [-0.25, -0.2) is 0 Å². The Hall–Kier alpha value is -4.60. The van der Waals surface area contributed by atoms with Crippen LogP contribution in [0.5, 0.6) is 0 Å². The fraction of sp³-hybridized carbons (Fsp3) is 0.167. The first kappa shape index (κ1) is 22.6. The van der Waals surface area contributed by atoms with Crippen molar-refractivity contribution in [1.29, 1.82) is 0 Å². The monoisotopic (exact) mass is 456 g/mol. The van der Waals surface area contributed by atoms with Gasteiger partial charge in [-0.1, -0.05) is 42.5 Å². The molecule has 0 aliphatic carbocycles. The fourth-order valence-electron chi connectivity index (χ4n) is 3.36. The Morgan fingerprint density at radius 1 is 0.971 bits per heavy atom. The van der Waals surface area contributed by atoms with Crippen LogP contribution in [0.25, 0.3) is 17.5 Å². The molecule has 34 heavy (non-hydrogen) atoms. The van der Waals surface area contributed by atoms with E-state index in [1.54, 1.807) is 35.0 Å². The summed E-state index contributed by atoms with van der Waals surface area (Å²) < 4.78 is 1.75. The Morgan fingerprint density at radius 3 is 2.38 bits per heavy atom. The number of amides is 2. The van der Waals surface area contributed by atoms with E-state index in [4.69, 9.17) is 0 Å². The van der Waals surface area contributed by atoms with Crippen LogP contribution in [0, 0.1) is 13.8 Å². The number of carbonyl (C=O) groups excluding carboxylic acids is 2. The number of hydrogen-bond donors (Lipinski definition) is 2. The van der Waals surface area contributed by atoms with Gasteiger partial charge in [0.2, 0.25) is 5.82 Å². The highest BCUT2D eigenvalue weighted by Crippen LogP contribution is 2.14. The molecular weight excluding hydrogens is 432 g/mol. The molecule has 4 aromatic rings. The van der Waals surface area contributed by atoms with E-state index >= 15 is 0 Å². The minimum Gasteiger partial charge on any atom is -0.272 e. The molecule has 172 valence electrons. The number of aryl methyl sites for hydroxylation is 2. The van der Waals surface area contributed by atoms with E-state index in [1.165, 1.54) is 10.9 Å². The molecule has 2 aromatic heterocycles. The van der Waals surface area contributed by atoms with Crippen molar-refractivity contribution in [3.05, 3.63) is 88.8 Å². The lowest BCUT2D eigenvalue weighted by Crippen LogP contribution is -2.40. The fourth-order valence-corrected chi connectivity index (χ4v) is 3.36. The summed E-state index contributed by atoms with van der Waals surface area (Å²) in [5.41, 5.74) is 9.64. The smallest absolute Gasteiger partial charge is 0.269 e. The summed E-state index contributed by atoms with van der Waals surface area (Å²) in [5.74, 6) is -0.318. The van der Waals surface area contributed by atoms with Gasteiger partial charge in [-0.3, -0.25) is 25.1 Å². The zero-order chi connectivity index (χ0) is 24.1. The van der Waals surface area contributed by atoms with Crippen LogP contribution in [0.4, 0.5) is 0 Å². The van der Waals surface area contributed by atoms with Crippen LogP contribution in [0.1, 0.15) is 32.9 Å². The standard InChI is InChI=1S/C24H24N8O2/c1-16-21(17(2)31(3)28-16)13-14-22(33)25-27-24(34)20-11-9-18(10-12-20)15-32-29-23(26-30-32)19-7-5-4-6-8-19/h4-14H,15H2,1-3H3,(H,25,33)(H,27,34)/b14-13+. The van der Waals surface area contributed by atoms with Crippen LogP contribution < -0.4 is 10.9 Å². The number of nitrogens with one attached hydrogen (secondary N) is 2. The Bertz CT molecular complexity index is 1340. The normalized spacial score (nSPS) is 11.0. The van der Waals surface area contributed by atoms with E-state index in [1.807, 2.05) is 51.2 Å². The van der Waals surface area contributed by atoms with Gasteiger partial charge in [0.1, 0.15) is 0 Å². The van der Waals surface area contributed by atoms with E-state index in [2.05, 4.69) is 31.4 Å². The van der Waals surface area contributed by atoms with Crippen molar-refractivity contribution < 1.29 is 9.59 Å². The quantitative estimate of drug-likeness (QED) is 0.339. The maximum Gasteiger partial charge on any atom is 0.269 e. The average Bonchev–Trinajstić information content (AvgIpc) is 3.41. The minimum atomic E-state index is -0.445. The van der Waals surface area contributed by atoms with Gasteiger partial charge in [0, 0.05) is 35.5 Å². The number of nitrogens with zero attached hydrogens (tertiary/aromatic N) is 6. The number of aromatic nitrogens is 6. The zero-order valence-electron chi connectivity index (χ0n) is 19.1. The van der Waals surface area contributed by atoms with Crippen LogP contribution in [0.15, 0.2) is 60.7 Å². The van der Waals surface area contributed by atoms with Gasteiger partial charge in [0.25, 0.3) is 11.8 Å². The third-order valence-electron chi connectivity index (χ3n) is 5.29. The van der Waals surface area contributed by atoms with Gasteiger partial charge in [-0.2, -0.15) is 9.90 Å². The topological polar surface area (TPSA) is 120 Å². The second-order valence-corrected chi connectivity index (χ2v) is 7.69. The van der Waals surface area contributed by atoms with Crippen molar-refractivity contribution in [3.8, 4) is 11.4 Å². The molecule has 10 heteroatoms.